The van der Waals surface area contributed by atoms with Gasteiger partial charge in [-0.15, -0.1) is 0 Å². The highest BCUT2D eigenvalue weighted by molar-refractivity contribution is 5.92. The molecule has 122 valence electrons. The first-order chi connectivity index (χ1) is 11.6. The average molecular weight is 317 g/mol. The summed E-state index contributed by atoms with van der Waals surface area (Å²) in [5.74, 6) is 0. The lowest BCUT2D eigenvalue weighted by molar-refractivity contribution is 0.748. The van der Waals surface area contributed by atoms with E-state index in [1.807, 2.05) is 18.2 Å². The molecule has 3 rings (SSSR count). The van der Waals surface area contributed by atoms with Gasteiger partial charge in [-0.3, -0.25) is 0 Å². The molecule has 1 aromatic heterocycles. The number of nitrogens with one attached hydrogen (secondary N) is 1. The molecule has 0 unspecified atom stereocenters. The zero-order valence-electron chi connectivity index (χ0n) is 14.3. The molecule has 3 heteroatoms. The van der Waals surface area contributed by atoms with Gasteiger partial charge in [0.2, 0.25) is 0 Å². The van der Waals surface area contributed by atoms with Crippen molar-refractivity contribution in [2.24, 2.45) is 5.73 Å². The first kappa shape index (κ1) is 16.3. The average Bonchev–Trinajstić information content (AvgIpc) is 2.92. The van der Waals surface area contributed by atoms with Gasteiger partial charge in [0.25, 0.3) is 0 Å². The Balaban J connectivity index is 2.18. The maximum atomic E-state index is 9.22. The summed E-state index contributed by atoms with van der Waals surface area (Å²) >= 11 is 0. The van der Waals surface area contributed by atoms with Crippen LogP contribution in [0.3, 0.4) is 0 Å². The Morgan fingerprint density at radius 2 is 1.92 bits per heavy atom. The lowest BCUT2D eigenvalue weighted by atomic mass is 9.96. The Labute approximate surface area is 143 Å². The lowest BCUT2D eigenvalue weighted by Gasteiger charge is -2.09. The summed E-state index contributed by atoms with van der Waals surface area (Å²) in [6.07, 6.45) is 3.03. The molecule has 24 heavy (non-hydrogen) atoms. The second kappa shape index (κ2) is 6.90. The Kier molecular flexibility index (Phi) is 4.69. The van der Waals surface area contributed by atoms with Crippen molar-refractivity contribution < 1.29 is 0 Å². The zero-order valence-corrected chi connectivity index (χ0v) is 14.3. The summed E-state index contributed by atoms with van der Waals surface area (Å²) < 4.78 is 0. The van der Waals surface area contributed by atoms with Crippen LogP contribution in [0.25, 0.3) is 22.2 Å². The molecule has 0 saturated carbocycles. The number of benzene rings is 2. The van der Waals surface area contributed by atoms with Crippen molar-refractivity contribution in [3.8, 4) is 17.3 Å². The number of hydrogen-bond acceptors (Lipinski definition) is 2. The zero-order chi connectivity index (χ0) is 17.1. The fourth-order valence-corrected chi connectivity index (χ4v) is 3.35. The number of nitrogens with zero attached hydrogens (tertiary/aromatic N) is 1. The van der Waals surface area contributed by atoms with Crippen LogP contribution in [0.4, 0.5) is 0 Å². The summed E-state index contributed by atoms with van der Waals surface area (Å²) in [7, 11) is 0. The van der Waals surface area contributed by atoms with Gasteiger partial charge < -0.3 is 10.7 Å². The number of nitrogens with two attached hydrogens (primary N) is 1. The van der Waals surface area contributed by atoms with Gasteiger partial charge in [0.15, 0.2) is 0 Å². The van der Waals surface area contributed by atoms with Crippen LogP contribution in [0.1, 0.15) is 35.1 Å². The molecular formula is C21H23N3. The van der Waals surface area contributed by atoms with Crippen molar-refractivity contribution >= 4 is 10.9 Å². The molecule has 0 radical (unpaired) electrons. The van der Waals surface area contributed by atoms with E-state index in [9.17, 15) is 5.26 Å². The van der Waals surface area contributed by atoms with Gasteiger partial charge in [0.05, 0.1) is 11.6 Å². The Morgan fingerprint density at radius 1 is 1.08 bits per heavy atom. The minimum Gasteiger partial charge on any atom is -0.354 e. The van der Waals surface area contributed by atoms with Crippen LogP contribution < -0.4 is 5.73 Å². The highest BCUT2D eigenvalue weighted by Crippen LogP contribution is 2.34. The number of nitriles is 1. The molecule has 0 atom stereocenters. The van der Waals surface area contributed by atoms with Gasteiger partial charge in [-0.25, -0.2) is 0 Å². The quantitative estimate of drug-likeness (QED) is 0.675. The molecule has 0 aliphatic carbocycles. The van der Waals surface area contributed by atoms with E-state index in [1.165, 1.54) is 27.9 Å². The number of unbranched alkanes of at least 4 members (excludes halogenated alkanes) is 1. The van der Waals surface area contributed by atoms with Crippen LogP contribution in [0.5, 0.6) is 0 Å². The third kappa shape index (κ3) is 3.06. The SMILES string of the molecule is Cc1ccc(-c2[nH]c3ccc(C#N)cc3c2CCCCN)c(C)c1. The molecule has 0 saturated heterocycles. The fraction of sp³-hybridized carbons (Fsp3) is 0.286. The van der Waals surface area contributed by atoms with Gasteiger partial charge in [-0.1, -0.05) is 23.8 Å². The van der Waals surface area contributed by atoms with Crippen molar-refractivity contribution in [1.82, 2.24) is 4.98 Å². The number of rotatable bonds is 5. The van der Waals surface area contributed by atoms with Crippen molar-refractivity contribution in [2.45, 2.75) is 33.1 Å². The molecule has 3 nitrogen and oxygen atoms in total. The Morgan fingerprint density at radius 3 is 2.62 bits per heavy atom. The van der Waals surface area contributed by atoms with Crippen LogP contribution in [0, 0.1) is 25.2 Å². The Bertz CT molecular complexity index is 913. The normalized spacial score (nSPS) is 10.9. The second-order valence-electron chi connectivity index (χ2n) is 6.41. The van der Waals surface area contributed by atoms with Gasteiger partial charge in [-0.05, 0) is 69.0 Å². The van der Waals surface area contributed by atoms with Crippen molar-refractivity contribution in [3.63, 3.8) is 0 Å². The van der Waals surface area contributed by atoms with Crippen LogP contribution in [0.2, 0.25) is 0 Å². The largest absolute Gasteiger partial charge is 0.354 e. The second-order valence-corrected chi connectivity index (χ2v) is 6.41. The number of aromatic nitrogens is 1. The summed E-state index contributed by atoms with van der Waals surface area (Å²) in [4.78, 5) is 3.58. The smallest absolute Gasteiger partial charge is 0.0991 e. The third-order valence-electron chi connectivity index (χ3n) is 4.57. The number of aromatic amines is 1. The van der Waals surface area contributed by atoms with E-state index < -0.39 is 0 Å². The third-order valence-corrected chi connectivity index (χ3v) is 4.57. The maximum Gasteiger partial charge on any atom is 0.0991 e. The predicted molar refractivity (Wildman–Crippen MR) is 99.9 cm³/mol. The standard InChI is InChI=1S/C21H23N3/c1-14-6-8-17(15(2)11-14)21-18(5-3-4-10-22)19-12-16(13-23)7-9-20(19)24-21/h6-9,11-12,24H,3-5,10,22H2,1-2H3. The topological polar surface area (TPSA) is 65.6 Å². The summed E-state index contributed by atoms with van der Waals surface area (Å²) in [5.41, 5.74) is 13.7. The van der Waals surface area contributed by atoms with Crippen molar-refractivity contribution in [1.29, 1.82) is 5.26 Å². The van der Waals surface area contributed by atoms with Gasteiger partial charge in [0, 0.05) is 22.2 Å². The molecule has 0 aliphatic heterocycles. The fourth-order valence-electron chi connectivity index (χ4n) is 3.35. The van der Waals surface area contributed by atoms with Gasteiger partial charge in [-0.2, -0.15) is 5.26 Å². The van der Waals surface area contributed by atoms with E-state index in [0.29, 0.717) is 12.1 Å². The molecule has 3 aromatic rings. The van der Waals surface area contributed by atoms with E-state index in [0.717, 1.165) is 30.2 Å². The van der Waals surface area contributed by atoms with Crippen LogP contribution in [-0.2, 0) is 6.42 Å². The highest BCUT2D eigenvalue weighted by Gasteiger charge is 2.15. The summed E-state index contributed by atoms with van der Waals surface area (Å²) in [5, 5.41) is 10.4. The number of fused-ring (bicyclic) bond motifs is 1. The van der Waals surface area contributed by atoms with Crippen LogP contribution >= 0.6 is 0 Å². The maximum absolute atomic E-state index is 9.22. The molecule has 2 aromatic carbocycles. The van der Waals surface area contributed by atoms with Crippen LogP contribution in [0.15, 0.2) is 36.4 Å². The van der Waals surface area contributed by atoms with Crippen molar-refractivity contribution in [2.75, 3.05) is 6.54 Å². The first-order valence-corrected chi connectivity index (χ1v) is 8.46. The number of hydrogen-bond donors (Lipinski definition) is 2. The number of aryl methyl sites for hydroxylation is 3. The minimum absolute atomic E-state index is 0.703. The van der Waals surface area contributed by atoms with Gasteiger partial charge >= 0.3 is 0 Å². The predicted octanol–water partition coefficient (Wildman–Crippen LogP) is 4.60. The summed E-state index contributed by atoms with van der Waals surface area (Å²) in [6.45, 7) is 4.98. The first-order valence-electron chi connectivity index (χ1n) is 8.46. The highest BCUT2D eigenvalue weighted by atomic mass is 14.7. The molecule has 0 bridgehead atoms. The monoisotopic (exact) mass is 317 g/mol. The van der Waals surface area contributed by atoms with Crippen LogP contribution in [-0.4, -0.2) is 11.5 Å². The molecular weight excluding hydrogens is 294 g/mol. The molecule has 1 heterocycles. The molecule has 3 N–H and O–H groups in total. The van der Waals surface area contributed by atoms with E-state index in [2.05, 4.69) is 43.1 Å². The summed E-state index contributed by atoms with van der Waals surface area (Å²) in [6, 6.07) is 14.7. The molecule has 0 fully saturated rings. The molecule has 0 aliphatic rings. The Hall–Kier alpha value is -2.57. The van der Waals surface area contributed by atoms with E-state index in [4.69, 9.17) is 5.73 Å². The molecule has 0 spiro atoms. The van der Waals surface area contributed by atoms with E-state index >= 15 is 0 Å². The molecule has 0 amide bonds. The number of H-pyrrole nitrogens is 1. The van der Waals surface area contributed by atoms with Crippen molar-refractivity contribution in [3.05, 3.63) is 58.7 Å². The van der Waals surface area contributed by atoms with Gasteiger partial charge in [0.1, 0.15) is 0 Å². The lowest BCUT2D eigenvalue weighted by Crippen LogP contribution is -1.99. The van der Waals surface area contributed by atoms with E-state index in [-0.39, 0.29) is 0 Å². The minimum atomic E-state index is 0.703. The van der Waals surface area contributed by atoms with E-state index in [1.54, 1.807) is 0 Å².